The van der Waals surface area contributed by atoms with Gasteiger partial charge in [0.2, 0.25) is 0 Å². The molecular weight excluding hydrogens is 234 g/mol. The Morgan fingerprint density at radius 1 is 1.29 bits per heavy atom. The molecule has 94 valence electrons. The molecule has 1 aromatic rings. The molecule has 0 aliphatic carbocycles. The number of hydrogen-bond donors (Lipinski definition) is 0. The minimum absolute atomic E-state index is 0.883. The standard InChI is InChI=1S/C12H19N3OS/c1-11-9-13-12(14-10-11)17-8-2-3-15-4-6-16-7-5-15/h9-10H,2-8H2,1H3. The van der Waals surface area contributed by atoms with Crippen LogP contribution in [-0.4, -0.2) is 53.5 Å². The van der Waals surface area contributed by atoms with Crippen molar-refractivity contribution in [1.82, 2.24) is 14.9 Å². The van der Waals surface area contributed by atoms with Crippen LogP contribution in [0, 0.1) is 6.92 Å². The Morgan fingerprint density at radius 3 is 2.71 bits per heavy atom. The predicted octanol–water partition coefficient (Wildman–Crippen LogP) is 1.60. The second-order valence-corrected chi connectivity index (χ2v) is 5.26. The van der Waals surface area contributed by atoms with E-state index in [1.165, 1.54) is 6.42 Å². The molecule has 1 fully saturated rings. The van der Waals surface area contributed by atoms with Crippen LogP contribution >= 0.6 is 11.8 Å². The Hall–Kier alpha value is -0.650. The van der Waals surface area contributed by atoms with Crippen LogP contribution < -0.4 is 0 Å². The molecule has 0 amide bonds. The molecule has 1 aliphatic rings. The summed E-state index contributed by atoms with van der Waals surface area (Å²) in [7, 11) is 0. The van der Waals surface area contributed by atoms with Crippen molar-refractivity contribution in [2.75, 3.05) is 38.6 Å². The van der Waals surface area contributed by atoms with Crippen LogP contribution in [0.4, 0.5) is 0 Å². The first-order chi connectivity index (χ1) is 8.34. The number of thioether (sulfide) groups is 1. The highest BCUT2D eigenvalue weighted by molar-refractivity contribution is 7.99. The highest BCUT2D eigenvalue weighted by Crippen LogP contribution is 2.13. The molecule has 1 saturated heterocycles. The van der Waals surface area contributed by atoms with Gasteiger partial charge in [0.25, 0.3) is 0 Å². The number of morpholine rings is 1. The van der Waals surface area contributed by atoms with Crippen molar-refractivity contribution in [3.05, 3.63) is 18.0 Å². The first-order valence-corrected chi connectivity index (χ1v) is 7.05. The molecule has 0 saturated carbocycles. The van der Waals surface area contributed by atoms with Gasteiger partial charge >= 0.3 is 0 Å². The summed E-state index contributed by atoms with van der Waals surface area (Å²) >= 11 is 1.74. The lowest BCUT2D eigenvalue weighted by molar-refractivity contribution is 0.0381. The lowest BCUT2D eigenvalue weighted by atomic mass is 10.4. The Kier molecular flexibility index (Phi) is 5.22. The summed E-state index contributed by atoms with van der Waals surface area (Å²) in [4.78, 5) is 11.0. The molecule has 0 radical (unpaired) electrons. The van der Waals surface area contributed by atoms with Crippen LogP contribution in [0.2, 0.25) is 0 Å². The van der Waals surface area contributed by atoms with E-state index in [1.54, 1.807) is 11.8 Å². The van der Waals surface area contributed by atoms with E-state index < -0.39 is 0 Å². The summed E-state index contributed by atoms with van der Waals surface area (Å²) in [6, 6.07) is 0. The first kappa shape index (κ1) is 12.8. The van der Waals surface area contributed by atoms with E-state index in [1.807, 2.05) is 19.3 Å². The van der Waals surface area contributed by atoms with Gasteiger partial charge in [-0.3, -0.25) is 4.90 Å². The van der Waals surface area contributed by atoms with Crippen LogP contribution in [0.1, 0.15) is 12.0 Å². The number of nitrogens with zero attached hydrogens (tertiary/aromatic N) is 3. The van der Waals surface area contributed by atoms with Crippen molar-refractivity contribution in [2.45, 2.75) is 18.5 Å². The highest BCUT2D eigenvalue weighted by atomic mass is 32.2. The van der Waals surface area contributed by atoms with Gasteiger partial charge in [-0.15, -0.1) is 0 Å². The maximum atomic E-state index is 5.32. The largest absolute Gasteiger partial charge is 0.379 e. The number of aryl methyl sites for hydroxylation is 1. The maximum Gasteiger partial charge on any atom is 0.187 e. The van der Waals surface area contributed by atoms with E-state index in [0.717, 1.165) is 49.3 Å². The molecule has 0 atom stereocenters. The molecule has 1 aliphatic heterocycles. The minimum Gasteiger partial charge on any atom is -0.379 e. The number of aromatic nitrogens is 2. The third kappa shape index (κ3) is 4.61. The van der Waals surface area contributed by atoms with Crippen molar-refractivity contribution in [2.24, 2.45) is 0 Å². The van der Waals surface area contributed by atoms with Gasteiger partial charge < -0.3 is 4.74 Å². The van der Waals surface area contributed by atoms with E-state index >= 15 is 0 Å². The minimum atomic E-state index is 0.883. The fourth-order valence-corrected chi connectivity index (χ4v) is 2.44. The lowest BCUT2D eigenvalue weighted by Crippen LogP contribution is -2.36. The normalized spacial score (nSPS) is 17.2. The summed E-state index contributed by atoms with van der Waals surface area (Å²) in [5, 5.41) is 0.887. The fourth-order valence-electron chi connectivity index (χ4n) is 1.73. The molecule has 5 heteroatoms. The van der Waals surface area contributed by atoms with Gasteiger partial charge in [0.05, 0.1) is 13.2 Å². The zero-order chi connectivity index (χ0) is 11.9. The smallest absolute Gasteiger partial charge is 0.187 e. The molecule has 4 nitrogen and oxygen atoms in total. The second-order valence-electron chi connectivity index (χ2n) is 4.20. The molecule has 1 aromatic heterocycles. The van der Waals surface area contributed by atoms with Crippen LogP contribution in [0.25, 0.3) is 0 Å². The van der Waals surface area contributed by atoms with E-state index in [4.69, 9.17) is 4.74 Å². The van der Waals surface area contributed by atoms with E-state index in [0.29, 0.717) is 0 Å². The molecule has 0 unspecified atom stereocenters. The molecule has 0 spiro atoms. The second kappa shape index (κ2) is 6.93. The van der Waals surface area contributed by atoms with E-state index in [-0.39, 0.29) is 0 Å². The van der Waals surface area contributed by atoms with E-state index in [9.17, 15) is 0 Å². The number of hydrogen-bond acceptors (Lipinski definition) is 5. The summed E-state index contributed by atoms with van der Waals surface area (Å²) in [5.41, 5.74) is 1.11. The third-order valence-corrected chi connectivity index (χ3v) is 3.67. The Balaban J connectivity index is 1.60. The van der Waals surface area contributed by atoms with Crippen LogP contribution in [0.15, 0.2) is 17.6 Å². The van der Waals surface area contributed by atoms with Crippen molar-refractivity contribution >= 4 is 11.8 Å². The van der Waals surface area contributed by atoms with Gasteiger partial charge in [-0.05, 0) is 25.5 Å². The average molecular weight is 253 g/mol. The molecule has 0 bridgehead atoms. The van der Waals surface area contributed by atoms with Gasteiger partial charge in [-0.25, -0.2) is 9.97 Å². The number of rotatable bonds is 5. The summed E-state index contributed by atoms with van der Waals surface area (Å²) in [6.07, 6.45) is 4.93. The molecule has 0 N–H and O–H groups in total. The van der Waals surface area contributed by atoms with Gasteiger partial charge in [0, 0.05) is 31.2 Å². The predicted molar refractivity (Wildman–Crippen MR) is 69.4 cm³/mol. The van der Waals surface area contributed by atoms with Crippen molar-refractivity contribution < 1.29 is 4.74 Å². The average Bonchev–Trinajstić information content (AvgIpc) is 2.38. The quantitative estimate of drug-likeness (QED) is 0.453. The first-order valence-electron chi connectivity index (χ1n) is 6.06. The summed E-state index contributed by atoms with van der Waals surface area (Å²) in [6.45, 7) is 7.08. The molecule has 2 rings (SSSR count). The summed E-state index contributed by atoms with van der Waals surface area (Å²) < 4.78 is 5.32. The zero-order valence-electron chi connectivity index (χ0n) is 10.3. The fraction of sp³-hybridized carbons (Fsp3) is 0.667. The maximum absolute atomic E-state index is 5.32. The Bertz CT molecular complexity index is 325. The summed E-state index contributed by atoms with van der Waals surface area (Å²) in [5.74, 6) is 1.08. The highest BCUT2D eigenvalue weighted by Gasteiger charge is 2.09. The Labute approximate surface area is 107 Å². The van der Waals surface area contributed by atoms with Gasteiger partial charge in [-0.1, -0.05) is 11.8 Å². The SMILES string of the molecule is Cc1cnc(SCCCN2CCOCC2)nc1. The molecule has 2 heterocycles. The molecule has 17 heavy (non-hydrogen) atoms. The zero-order valence-corrected chi connectivity index (χ0v) is 11.1. The van der Waals surface area contributed by atoms with Crippen LogP contribution in [0.3, 0.4) is 0 Å². The Morgan fingerprint density at radius 2 is 2.00 bits per heavy atom. The van der Waals surface area contributed by atoms with Crippen LogP contribution in [-0.2, 0) is 4.74 Å². The van der Waals surface area contributed by atoms with Crippen LogP contribution in [0.5, 0.6) is 0 Å². The van der Waals surface area contributed by atoms with Gasteiger partial charge in [0.15, 0.2) is 5.16 Å². The van der Waals surface area contributed by atoms with Crippen molar-refractivity contribution in [3.63, 3.8) is 0 Å². The third-order valence-electron chi connectivity index (χ3n) is 2.71. The number of ether oxygens (including phenoxy) is 1. The van der Waals surface area contributed by atoms with Crippen molar-refractivity contribution in [3.8, 4) is 0 Å². The molecule has 0 aromatic carbocycles. The lowest BCUT2D eigenvalue weighted by Gasteiger charge is -2.26. The van der Waals surface area contributed by atoms with Gasteiger partial charge in [-0.2, -0.15) is 0 Å². The monoisotopic (exact) mass is 253 g/mol. The van der Waals surface area contributed by atoms with Crippen molar-refractivity contribution in [1.29, 1.82) is 0 Å². The molecular formula is C12H19N3OS. The van der Waals surface area contributed by atoms with E-state index in [2.05, 4.69) is 14.9 Å². The van der Waals surface area contributed by atoms with Gasteiger partial charge in [0.1, 0.15) is 0 Å². The topological polar surface area (TPSA) is 38.2 Å².